The third-order valence-electron chi connectivity index (χ3n) is 1.89. The molecule has 0 amide bonds. The maximum Gasteiger partial charge on any atom is 0.107 e. The molecule has 0 N–H and O–H groups in total. The van der Waals surface area contributed by atoms with Crippen LogP contribution >= 0.6 is 0 Å². The maximum atomic E-state index is 4.18. The molecule has 62 valence electrons. The van der Waals surface area contributed by atoms with Gasteiger partial charge in [-0.2, -0.15) is 0 Å². The third-order valence-corrected chi connectivity index (χ3v) is 1.89. The van der Waals surface area contributed by atoms with Crippen molar-refractivity contribution in [2.75, 3.05) is 0 Å². The van der Waals surface area contributed by atoms with Gasteiger partial charge in [0.05, 0.1) is 23.4 Å². The van der Waals surface area contributed by atoms with E-state index in [4.69, 9.17) is 0 Å². The van der Waals surface area contributed by atoms with Gasteiger partial charge in [-0.1, -0.05) is 5.21 Å². The molecule has 13 heavy (non-hydrogen) atoms. The van der Waals surface area contributed by atoms with Crippen molar-refractivity contribution in [1.29, 1.82) is 0 Å². The van der Waals surface area contributed by atoms with E-state index < -0.39 is 0 Å². The molecule has 3 heterocycles. The summed E-state index contributed by atoms with van der Waals surface area (Å²) in [5.74, 6) is 0. The van der Waals surface area contributed by atoms with Crippen LogP contribution in [0.1, 0.15) is 0 Å². The van der Waals surface area contributed by atoms with Crippen molar-refractivity contribution in [2.45, 2.75) is 0 Å². The number of nitrogens with zero attached hydrogens (tertiary/aromatic N) is 5. The molecule has 0 spiro atoms. The highest BCUT2D eigenvalue weighted by molar-refractivity contribution is 5.77. The molecule has 5 nitrogen and oxygen atoms in total. The molecule has 0 aliphatic heterocycles. The quantitative estimate of drug-likeness (QED) is 0.499. The molecular formula is C8H5N5. The molecule has 0 radical (unpaired) electrons. The molecular weight excluding hydrogens is 166 g/mol. The second kappa shape index (κ2) is 2.22. The molecule has 0 atom stereocenters. The Labute approximate surface area is 73.0 Å². The third kappa shape index (κ3) is 0.868. The zero-order valence-corrected chi connectivity index (χ0v) is 6.62. The highest BCUT2D eigenvalue weighted by Gasteiger charge is 1.99. The van der Waals surface area contributed by atoms with Gasteiger partial charge in [-0.25, -0.2) is 4.52 Å². The van der Waals surface area contributed by atoms with E-state index in [9.17, 15) is 0 Å². The highest BCUT2D eigenvalue weighted by atomic mass is 15.4. The largest absolute Gasteiger partial charge is 0.253 e. The normalized spacial score (nSPS) is 11.1. The molecule has 0 aliphatic rings. The van der Waals surface area contributed by atoms with Crippen LogP contribution in [0.25, 0.3) is 16.6 Å². The van der Waals surface area contributed by atoms with Crippen LogP contribution in [0.2, 0.25) is 0 Å². The van der Waals surface area contributed by atoms with E-state index in [1.165, 1.54) is 0 Å². The predicted molar refractivity (Wildman–Crippen MR) is 46.1 cm³/mol. The lowest BCUT2D eigenvalue weighted by Gasteiger charge is -1.95. The van der Waals surface area contributed by atoms with Crippen LogP contribution < -0.4 is 0 Å². The fourth-order valence-electron chi connectivity index (χ4n) is 1.28. The van der Waals surface area contributed by atoms with E-state index in [0.29, 0.717) is 0 Å². The first-order chi connectivity index (χ1) is 6.43. The van der Waals surface area contributed by atoms with Gasteiger partial charge in [0.2, 0.25) is 0 Å². The van der Waals surface area contributed by atoms with Crippen LogP contribution in [0, 0.1) is 0 Å². The van der Waals surface area contributed by atoms with Crippen molar-refractivity contribution in [3.05, 3.63) is 30.9 Å². The number of hydrogen-bond acceptors (Lipinski definition) is 4. The molecule has 3 aromatic rings. The van der Waals surface area contributed by atoms with Gasteiger partial charge in [0.25, 0.3) is 0 Å². The summed E-state index contributed by atoms with van der Waals surface area (Å²) in [5, 5.41) is 7.65. The summed E-state index contributed by atoms with van der Waals surface area (Å²) < 4.78 is 1.68. The van der Waals surface area contributed by atoms with E-state index in [-0.39, 0.29) is 0 Å². The monoisotopic (exact) mass is 171 g/mol. The fraction of sp³-hybridized carbons (Fsp3) is 0. The maximum absolute atomic E-state index is 4.18. The number of fused-ring (bicyclic) bond motifs is 2. The van der Waals surface area contributed by atoms with E-state index in [0.717, 1.165) is 16.6 Å². The molecule has 0 unspecified atom stereocenters. The summed E-state index contributed by atoms with van der Waals surface area (Å²) in [6, 6.07) is 1.91. The van der Waals surface area contributed by atoms with Crippen molar-refractivity contribution < 1.29 is 0 Å². The van der Waals surface area contributed by atoms with Gasteiger partial charge in [-0.15, -0.1) is 5.10 Å². The van der Waals surface area contributed by atoms with E-state index in [1.54, 1.807) is 23.1 Å². The van der Waals surface area contributed by atoms with Crippen LogP contribution in [0.5, 0.6) is 0 Å². The average molecular weight is 171 g/mol. The van der Waals surface area contributed by atoms with E-state index >= 15 is 0 Å². The first-order valence-corrected chi connectivity index (χ1v) is 3.84. The summed E-state index contributed by atoms with van der Waals surface area (Å²) in [6.07, 6.45) is 6.83. The number of rotatable bonds is 0. The molecule has 3 aromatic heterocycles. The van der Waals surface area contributed by atoms with Gasteiger partial charge >= 0.3 is 0 Å². The lowest BCUT2D eigenvalue weighted by Crippen LogP contribution is -1.90. The van der Waals surface area contributed by atoms with Gasteiger partial charge in [0, 0.05) is 12.4 Å². The highest BCUT2D eigenvalue weighted by Crippen LogP contribution is 2.09. The Hall–Kier alpha value is -2.04. The minimum atomic E-state index is 0.820. The Bertz CT molecular complexity index is 521. The van der Waals surface area contributed by atoms with Crippen LogP contribution in [0.15, 0.2) is 30.9 Å². The second-order valence-corrected chi connectivity index (χ2v) is 2.70. The van der Waals surface area contributed by atoms with E-state index in [1.807, 2.05) is 12.3 Å². The van der Waals surface area contributed by atoms with Crippen LogP contribution in [-0.2, 0) is 0 Å². The van der Waals surface area contributed by atoms with Gasteiger partial charge < -0.3 is 0 Å². The first kappa shape index (κ1) is 6.47. The van der Waals surface area contributed by atoms with Gasteiger partial charge in [0.1, 0.15) is 5.52 Å². The average Bonchev–Trinajstić information content (AvgIpc) is 2.61. The first-order valence-electron chi connectivity index (χ1n) is 3.84. The Balaban J connectivity index is 2.57. The molecule has 5 heteroatoms. The molecule has 0 aromatic carbocycles. The Morgan fingerprint density at radius 1 is 1.08 bits per heavy atom. The van der Waals surface area contributed by atoms with Crippen molar-refractivity contribution >= 4 is 16.6 Å². The number of aromatic nitrogens is 5. The molecule has 0 saturated heterocycles. The van der Waals surface area contributed by atoms with E-state index in [2.05, 4.69) is 20.3 Å². The summed E-state index contributed by atoms with van der Waals surface area (Å²) in [4.78, 5) is 8.34. The lowest BCUT2D eigenvalue weighted by atomic mass is 10.3. The van der Waals surface area contributed by atoms with Gasteiger partial charge in [0.15, 0.2) is 0 Å². The summed E-state index contributed by atoms with van der Waals surface area (Å²) >= 11 is 0. The minimum Gasteiger partial charge on any atom is -0.253 e. The topological polar surface area (TPSA) is 56.0 Å². The number of hydrogen-bond donors (Lipinski definition) is 0. The summed E-state index contributed by atoms with van der Waals surface area (Å²) in [6.45, 7) is 0. The zero-order valence-electron chi connectivity index (χ0n) is 6.62. The summed E-state index contributed by atoms with van der Waals surface area (Å²) in [5.41, 5.74) is 2.60. The van der Waals surface area contributed by atoms with Crippen LogP contribution in [0.4, 0.5) is 0 Å². The molecule has 0 saturated carbocycles. The SMILES string of the molecule is c1cnc2cn3nncc3cc2n1. The van der Waals surface area contributed by atoms with Crippen molar-refractivity contribution in [3.63, 3.8) is 0 Å². The zero-order chi connectivity index (χ0) is 8.67. The Morgan fingerprint density at radius 3 is 2.85 bits per heavy atom. The predicted octanol–water partition coefficient (Wildman–Crippen LogP) is 0.672. The van der Waals surface area contributed by atoms with Crippen molar-refractivity contribution in [1.82, 2.24) is 24.8 Å². The molecule has 0 fully saturated rings. The van der Waals surface area contributed by atoms with Gasteiger partial charge in [-0.05, 0) is 6.07 Å². The molecule has 0 aliphatic carbocycles. The van der Waals surface area contributed by atoms with Crippen molar-refractivity contribution in [3.8, 4) is 0 Å². The second-order valence-electron chi connectivity index (χ2n) is 2.70. The standard InChI is InChI=1S/C8H5N5/c1-2-10-8-5-13-6(4-11-12-13)3-7(8)9-1/h1-5H. The van der Waals surface area contributed by atoms with Crippen LogP contribution in [-0.4, -0.2) is 24.8 Å². The van der Waals surface area contributed by atoms with Gasteiger partial charge in [-0.3, -0.25) is 9.97 Å². The Kier molecular flexibility index (Phi) is 1.11. The lowest BCUT2D eigenvalue weighted by molar-refractivity contribution is 0.858. The smallest absolute Gasteiger partial charge is 0.107 e. The Morgan fingerprint density at radius 2 is 1.92 bits per heavy atom. The van der Waals surface area contributed by atoms with Crippen LogP contribution in [0.3, 0.4) is 0 Å². The van der Waals surface area contributed by atoms with Crippen molar-refractivity contribution in [2.24, 2.45) is 0 Å². The number of pyridine rings is 1. The summed E-state index contributed by atoms with van der Waals surface area (Å²) in [7, 11) is 0. The fourth-order valence-corrected chi connectivity index (χ4v) is 1.28. The molecule has 0 bridgehead atoms. The minimum absolute atomic E-state index is 0.820. The molecule has 3 rings (SSSR count).